The minimum absolute atomic E-state index is 0.0401. The molecule has 0 heterocycles. The molecule has 0 fully saturated rings. The van der Waals surface area contributed by atoms with Crippen molar-refractivity contribution in [3.63, 3.8) is 0 Å². The van der Waals surface area contributed by atoms with E-state index >= 15 is 0 Å². The minimum Gasteiger partial charge on any atom is -0.0686 e. The van der Waals surface area contributed by atoms with Crippen LogP contribution < -0.4 is 16.4 Å². The molecule has 0 radical (unpaired) electrons. The van der Waals surface area contributed by atoms with Gasteiger partial charge in [-0.05, 0) is 32.9 Å². The predicted molar refractivity (Wildman–Crippen MR) is 140 cm³/mol. The van der Waals surface area contributed by atoms with Crippen molar-refractivity contribution in [1.29, 1.82) is 0 Å². The van der Waals surface area contributed by atoms with Crippen LogP contribution in [-0.2, 0) is 16.2 Å². The van der Waals surface area contributed by atoms with E-state index in [0.29, 0.717) is 0 Å². The van der Waals surface area contributed by atoms with E-state index in [0.717, 1.165) is 0 Å². The smallest absolute Gasteiger partial charge is 0.0686 e. The molecule has 0 saturated carbocycles. The fourth-order valence-corrected chi connectivity index (χ4v) is 4.46. The number of hydrogen-bond acceptors (Lipinski definition) is 0. The van der Waals surface area contributed by atoms with Crippen LogP contribution in [0.1, 0.15) is 79.0 Å². The van der Waals surface area contributed by atoms with Gasteiger partial charge in [-0.15, -0.1) is 0 Å². The van der Waals surface area contributed by atoms with E-state index in [4.69, 9.17) is 0 Å². The third-order valence-corrected chi connectivity index (χ3v) is 6.22. The monoisotopic (exact) mass is 410 g/mol. The summed E-state index contributed by atoms with van der Waals surface area (Å²) in [5.41, 5.74) is 8.72. The number of rotatable bonds is 3. The van der Waals surface area contributed by atoms with Gasteiger partial charge in [0.2, 0.25) is 6.71 Å². The quantitative estimate of drug-likeness (QED) is 0.458. The predicted octanol–water partition coefficient (Wildman–Crippen LogP) is 6.10. The topological polar surface area (TPSA) is 0 Å². The Balaban J connectivity index is 2.48. The summed E-state index contributed by atoms with van der Waals surface area (Å²) in [6.45, 7) is 21.3. The van der Waals surface area contributed by atoms with E-state index in [-0.39, 0.29) is 23.0 Å². The molecule has 0 aliphatic heterocycles. The molecule has 0 N–H and O–H groups in total. The standard InChI is InChI=1S/C30H39B/c1-28(2,3)22-20-25(29(4,5)6)27(26(21-22)30(7,8)9)31(23-16-12-10-13-17-23)24-18-14-11-15-19-24/h10-21H,1-9H3. The van der Waals surface area contributed by atoms with Crippen LogP contribution in [0.25, 0.3) is 0 Å². The van der Waals surface area contributed by atoms with Gasteiger partial charge in [-0.1, -0.05) is 151 Å². The van der Waals surface area contributed by atoms with Crippen LogP contribution in [-0.4, -0.2) is 6.71 Å². The molecule has 31 heavy (non-hydrogen) atoms. The van der Waals surface area contributed by atoms with E-state index in [2.05, 4.69) is 135 Å². The van der Waals surface area contributed by atoms with Gasteiger partial charge in [0.25, 0.3) is 0 Å². The van der Waals surface area contributed by atoms with Crippen LogP contribution in [0, 0.1) is 0 Å². The highest BCUT2D eigenvalue weighted by Gasteiger charge is 2.35. The molecule has 0 bridgehead atoms. The molecule has 3 rings (SSSR count). The molecule has 0 aliphatic carbocycles. The van der Waals surface area contributed by atoms with Crippen LogP contribution in [0.5, 0.6) is 0 Å². The zero-order chi connectivity index (χ0) is 23.0. The Hall–Kier alpha value is -2.28. The van der Waals surface area contributed by atoms with Gasteiger partial charge in [-0.25, -0.2) is 0 Å². The van der Waals surface area contributed by atoms with Crippen LogP contribution >= 0.6 is 0 Å². The van der Waals surface area contributed by atoms with Gasteiger partial charge in [-0.2, -0.15) is 0 Å². The molecule has 0 spiro atoms. The molecule has 0 aliphatic rings. The highest BCUT2D eigenvalue weighted by Crippen LogP contribution is 2.33. The van der Waals surface area contributed by atoms with Crippen molar-refractivity contribution in [2.24, 2.45) is 0 Å². The van der Waals surface area contributed by atoms with Crippen LogP contribution in [0.2, 0.25) is 0 Å². The van der Waals surface area contributed by atoms with Gasteiger partial charge in [-0.3, -0.25) is 0 Å². The van der Waals surface area contributed by atoms with Crippen molar-refractivity contribution in [1.82, 2.24) is 0 Å². The number of benzene rings is 3. The Bertz CT molecular complexity index is 935. The lowest BCUT2D eigenvalue weighted by Gasteiger charge is -2.36. The van der Waals surface area contributed by atoms with Crippen LogP contribution in [0.4, 0.5) is 0 Å². The van der Waals surface area contributed by atoms with Crippen molar-refractivity contribution in [3.05, 3.63) is 89.5 Å². The summed E-state index contributed by atoms with van der Waals surface area (Å²) < 4.78 is 0. The second-order valence-corrected chi connectivity index (χ2v) is 12.0. The molecular formula is C30H39B. The van der Waals surface area contributed by atoms with Crippen LogP contribution in [0.15, 0.2) is 72.8 Å². The lowest BCUT2D eigenvalue weighted by Crippen LogP contribution is -2.56. The third-order valence-electron chi connectivity index (χ3n) is 6.22. The van der Waals surface area contributed by atoms with E-state index in [9.17, 15) is 0 Å². The van der Waals surface area contributed by atoms with Crippen molar-refractivity contribution in [3.8, 4) is 0 Å². The normalized spacial score (nSPS) is 12.7. The molecule has 162 valence electrons. The van der Waals surface area contributed by atoms with Gasteiger partial charge in [0.05, 0.1) is 0 Å². The third kappa shape index (κ3) is 5.14. The number of hydrogen-bond donors (Lipinski definition) is 0. The first kappa shape index (κ1) is 23.4. The van der Waals surface area contributed by atoms with Crippen molar-refractivity contribution >= 4 is 23.1 Å². The second kappa shape index (κ2) is 8.34. The summed E-state index contributed by atoms with van der Waals surface area (Å²) in [5.74, 6) is 0. The fourth-order valence-electron chi connectivity index (χ4n) is 4.46. The molecule has 0 atom stereocenters. The second-order valence-electron chi connectivity index (χ2n) is 12.0. The van der Waals surface area contributed by atoms with Gasteiger partial charge >= 0.3 is 0 Å². The van der Waals surface area contributed by atoms with Gasteiger partial charge < -0.3 is 0 Å². The maximum Gasteiger partial charge on any atom is 0.241 e. The zero-order valence-corrected chi connectivity index (χ0v) is 21.0. The molecular weight excluding hydrogens is 371 g/mol. The maximum atomic E-state index is 2.49. The maximum absolute atomic E-state index is 2.49. The SMILES string of the molecule is CC(C)(C)c1cc(C(C)(C)C)c(B(c2ccccc2)c2ccccc2)c(C(C)(C)C)c1. The van der Waals surface area contributed by atoms with Crippen molar-refractivity contribution < 1.29 is 0 Å². The molecule has 3 aromatic rings. The molecule has 0 nitrogen and oxygen atoms in total. The first-order valence-electron chi connectivity index (χ1n) is 11.6. The Morgan fingerprint density at radius 2 is 0.839 bits per heavy atom. The molecule has 1 heteroatoms. The lowest BCUT2D eigenvalue weighted by molar-refractivity contribution is 0.553. The highest BCUT2D eigenvalue weighted by atomic mass is 14.3. The van der Waals surface area contributed by atoms with E-state index in [1.807, 2.05) is 0 Å². The average molecular weight is 410 g/mol. The van der Waals surface area contributed by atoms with E-state index in [1.54, 1.807) is 0 Å². The van der Waals surface area contributed by atoms with Gasteiger partial charge in [0.1, 0.15) is 0 Å². The van der Waals surface area contributed by atoms with Gasteiger partial charge in [0, 0.05) is 0 Å². The Kier molecular flexibility index (Phi) is 6.29. The highest BCUT2D eigenvalue weighted by molar-refractivity contribution is 6.96. The Morgan fingerprint density at radius 3 is 1.13 bits per heavy atom. The molecule has 0 amide bonds. The summed E-state index contributed by atoms with van der Waals surface area (Å²) in [5, 5.41) is 0. The minimum atomic E-state index is 0.0401. The average Bonchev–Trinajstić information content (AvgIpc) is 2.67. The summed E-state index contributed by atoms with van der Waals surface area (Å²) in [4.78, 5) is 0. The van der Waals surface area contributed by atoms with E-state index in [1.165, 1.54) is 33.1 Å². The largest absolute Gasteiger partial charge is 0.241 e. The fraction of sp³-hybridized carbons (Fsp3) is 0.400. The summed E-state index contributed by atoms with van der Waals surface area (Å²) in [6.07, 6.45) is 0. The Labute approximate surface area is 191 Å². The van der Waals surface area contributed by atoms with E-state index < -0.39 is 0 Å². The first-order chi connectivity index (χ1) is 14.3. The Morgan fingerprint density at radius 1 is 0.484 bits per heavy atom. The molecule has 0 aromatic heterocycles. The zero-order valence-electron chi connectivity index (χ0n) is 21.0. The molecule has 0 saturated heterocycles. The summed E-state index contributed by atoms with van der Waals surface area (Å²) >= 11 is 0. The summed E-state index contributed by atoms with van der Waals surface area (Å²) in [7, 11) is 0. The molecule has 3 aromatic carbocycles. The van der Waals surface area contributed by atoms with Crippen molar-refractivity contribution in [2.75, 3.05) is 0 Å². The van der Waals surface area contributed by atoms with Crippen LogP contribution in [0.3, 0.4) is 0 Å². The molecule has 0 unspecified atom stereocenters. The summed E-state index contributed by atoms with van der Waals surface area (Å²) in [6, 6.07) is 27.0. The van der Waals surface area contributed by atoms with Gasteiger partial charge in [0.15, 0.2) is 0 Å². The van der Waals surface area contributed by atoms with Crippen molar-refractivity contribution in [2.45, 2.75) is 78.6 Å². The lowest BCUT2D eigenvalue weighted by atomic mass is 9.34. The first-order valence-corrected chi connectivity index (χ1v) is 11.6.